The van der Waals surface area contributed by atoms with E-state index >= 15 is 0 Å². The van der Waals surface area contributed by atoms with E-state index in [1.807, 2.05) is 6.07 Å². The predicted octanol–water partition coefficient (Wildman–Crippen LogP) is 3.02. The van der Waals surface area contributed by atoms with Gasteiger partial charge in [-0.2, -0.15) is 0 Å². The maximum atomic E-state index is 11.4. The van der Waals surface area contributed by atoms with Crippen molar-refractivity contribution in [2.45, 2.75) is 6.42 Å². The number of nitro benzene ring substituents is 1. The van der Waals surface area contributed by atoms with Gasteiger partial charge in [0.05, 0.1) is 39.1 Å². The molecular weight excluding hydrogens is 352 g/mol. The molecule has 0 atom stereocenters. The first-order valence-electron chi connectivity index (χ1n) is 8.25. The largest absolute Gasteiger partial charge is 0.493 e. The number of hydrogen-bond acceptors (Lipinski definition) is 7. The summed E-state index contributed by atoms with van der Waals surface area (Å²) >= 11 is 0. The van der Waals surface area contributed by atoms with Gasteiger partial charge in [0.25, 0.3) is 0 Å². The van der Waals surface area contributed by atoms with E-state index in [0.717, 1.165) is 11.1 Å². The summed E-state index contributed by atoms with van der Waals surface area (Å²) in [6.45, 7) is 0.556. The Morgan fingerprint density at radius 3 is 2.26 bits per heavy atom. The Morgan fingerprint density at radius 2 is 1.67 bits per heavy atom. The quantitative estimate of drug-likeness (QED) is 0.572. The summed E-state index contributed by atoms with van der Waals surface area (Å²) < 4.78 is 21.6. The summed E-state index contributed by atoms with van der Waals surface area (Å²) in [6, 6.07) is 6.67. The van der Waals surface area contributed by atoms with Crippen molar-refractivity contribution in [1.82, 2.24) is 0 Å². The molecule has 0 spiro atoms. The third-order valence-electron chi connectivity index (χ3n) is 4.45. The summed E-state index contributed by atoms with van der Waals surface area (Å²) in [7, 11) is 6.04. The molecule has 2 aromatic rings. The molecule has 0 aromatic heterocycles. The normalized spacial score (nSPS) is 12.7. The minimum Gasteiger partial charge on any atom is -0.493 e. The van der Waals surface area contributed by atoms with Crippen LogP contribution in [0.1, 0.15) is 16.7 Å². The Hall–Kier alpha value is -3.29. The monoisotopic (exact) mass is 372 g/mol. The lowest BCUT2D eigenvalue weighted by molar-refractivity contribution is -0.385. The van der Waals surface area contributed by atoms with E-state index in [0.29, 0.717) is 41.5 Å². The van der Waals surface area contributed by atoms with E-state index in [-0.39, 0.29) is 11.4 Å². The van der Waals surface area contributed by atoms with Crippen LogP contribution in [0, 0.1) is 10.1 Å². The molecule has 0 fully saturated rings. The number of benzene rings is 2. The summed E-state index contributed by atoms with van der Waals surface area (Å²) in [5.74, 6) is 1.70. The predicted molar refractivity (Wildman–Crippen MR) is 100.0 cm³/mol. The zero-order valence-corrected chi connectivity index (χ0v) is 15.6. The maximum absolute atomic E-state index is 11.4. The fourth-order valence-corrected chi connectivity index (χ4v) is 3.25. The molecule has 0 aliphatic carbocycles. The Morgan fingerprint density at radius 1 is 0.963 bits per heavy atom. The van der Waals surface area contributed by atoms with Crippen LogP contribution >= 0.6 is 0 Å². The van der Waals surface area contributed by atoms with Gasteiger partial charge in [0, 0.05) is 23.7 Å². The Bertz CT molecular complexity index is 923. The van der Waals surface area contributed by atoms with Gasteiger partial charge in [0.2, 0.25) is 5.75 Å². The lowest BCUT2D eigenvalue weighted by Gasteiger charge is -2.23. The first-order chi connectivity index (χ1) is 13.0. The fourth-order valence-electron chi connectivity index (χ4n) is 3.25. The highest BCUT2D eigenvalue weighted by molar-refractivity contribution is 6.17. The molecule has 27 heavy (non-hydrogen) atoms. The van der Waals surface area contributed by atoms with Crippen molar-refractivity contribution >= 4 is 11.4 Å². The van der Waals surface area contributed by atoms with E-state index in [9.17, 15) is 10.1 Å². The minimum atomic E-state index is -0.474. The van der Waals surface area contributed by atoms with Crippen LogP contribution in [0.4, 0.5) is 5.69 Å². The molecule has 3 rings (SSSR count). The molecule has 0 radical (unpaired) electrons. The highest BCUT2D eigenvalue weighted by atomic mass is 16.6. The molecule has 1 aliphatic heterocycles. The average molecular weight is 372 g/mol. The zero-order chi connectivity index (χ0) is 19.6. The summed E-state index contributed by atoms with van der Waals surface area (Å²) in [5.41, 5.74) is 2.83. The van der Waals surface area contributed by atoms with Gasteiger partial charge < -0.3 is 18.9 Å². The van der Waals surface area contributed by atoms with Crippen LogP contribution in [-0.4, -0.2) is 45.6 Å². The molecule has 8 heteroatoms. The number of rotatable bonds is 6. The van der Waals surface area contributed by atoms with Crippen molar-refractivity contribution in [2.24, 2.45) is 4.99 Å². The van der Waals surface area contributed by atoms with E-state index in [4.69, 9.17) is 18.9 Å². The van der Waals surface area contributed by atoms with E-state index in [2.05, 4.69) is 4.99 Å². The van der Waals surface area contributed by atoms with Gasteiger partial charge in [-0.25, -0.2) is 0 Å². The smallest absolute Gasteiger partial charge is 0.311 e. The molecule has 1 aliphatic rings. The Labute approximate surface area is 156 Å². The molecule has 0 N–H and O–H groups in total. The molecule has 0 saturated carbocycles. The Kier molecular flexibility index (Phi) is 5.16. The van der Waals surface area contributed by atoms with Crippen molar-refractivity contribution in [3.8, 4) is 23.0 Å². The van der Waals surface area contributed by atoms with Gasteiger partial charge in [-0.1, -0.05) is 0 Å². The zero-order valence-electron chi connectivity index (χ0n) is 15.6. The first kappa shape index (κ1) is 18.5. The van der Waals surface area contributed by atoms with Gasteiger partial charge in [-0.15, -0.1) is 0 Å². The SMILES string of the molecule is COc1ccc(C2=NCCc3cc(OC)c(OC)c(OC)c32)cc1[N+](=O)[O-]. The minimum absolute atomic E-state index is 0.121. The van der Waals surface area contributed by atoms with Gasteiger partial charge in [-0.05, 0) is 30.2 Å². The number of ether oxygens (including phenoxy) is 4. The fraction of sp³-hybridized carbons (Fsp3) is 0.316. The number of nitrogens with zero attached hydrogens (tertiary/aromatic N) is 2. The number of methoxy groups -OCH3 is 4. The van der Waals surface area contributed by atoms with Gasteiger partial charge in [-0.3, -0.25) is 15.1 Å². The molecule has 1 heterocycles. The molecular formula is C19H20N2O6. The molecule has 8 nitrogen and oxygen atoms in total. The maximum Gasteiger partial charge on any atom is 0.311 e. The third kappa shape index (κ3) is 3.14. The van der Waals surface area contributed by atoms with Gasteiger partial charge in [0.1, 0.15) is 0 Å². The average Bonchev–Trinajstić information content (AvgIpc) is 2.70. The second-order valence-corrected chi connectivity index (χ2v) is 5.80. The Balaban J connectivity index is 2.23. The summed E-state index contributed by atoms with van der Waals surface area (Å²) in [6.07, 6.45) is 0.702. The molecule has 0 amide bonds. The van der Waals surface area contributed by atoms with Crippen molar-refractivity contribution in [1.29, 1.82) is 0 Å². The van der Waals surface area contributed by atoms with E-state index < -0.39 is 4.92 Å². The summed E-state index contributed by atoms with van der Waals surface area (Å²) in [4.78, 5) is 15.5. The number of aliphatic imine (C=N–C) groups is 1. The van der Waals surface area contributed by atoms with Crippen LogP contribution < -0.4 is 18.9 Å². The van der Waals surface area contributed by atoms with Crippen LogP contribution in [-0.2, 0) is 6.42 Å². The van der Waals surface area contributed by atoms with Crippen molar-refractivity contribution in [3.05, 3.63) is 51.1 Å². The van der Waals surface area contributed by atoms with Gasteiger partial charge in [0.15, 0.2) is 17.2 Å². The topological polar surface area (TPSA) is 92.4 Å². The van der Waals surface area contributed by atoms with E-state index in [1.165, 1.54) is 20.3 Å². The van der Waals surface area contributed by atoms with Crippen LogP contribution in [0.2, 0.25) is 0 Å². The molecule has 0 bridgehead atoms. The van der Waals surface area contributed by atoms with E-state index in [1.54, 1.807) is 26.4 Å². The number of fused-ring (bicyclic) bond motifs is 1. The first-order valence-corrected chi connectivity index (χ1v) is 8.25. The molecule has 142 valence electrons. The third-order valence-corrected chi connectivity index (χ3v) is 4.45. The van der Waals surface area contributed by atoms with Crippen LogP contribution in [0.5, 0.6) is 23.0 Å². The second-order valence-electron chi connectivity index (χ2n) is 5.80. The highest BCUT2D eigenvalue weighted by Crippen LogP contribution is 2.44. The van der Waals surface area contributed by atoms with Crippen LogP contribution in [0.3, 0.4) is 0 Å². The second kappa shape index (κ2) is 7.53. The van der Waals surface area contributed by atoms with Crippen molar-refractivity contribution < 1.29 is 23.9 Å². The van der Waals surface area contributed by atoms with Crippen molar-refractivity contribution in [3.63, 3.8) is 0 Å². The van der Waals surface area contributed by atoms with Crippen molar-refractivity contribution in [2.75, 3.05) is 35.0 Å². The lowest BCUT2D eigenvalue weighted by atomic mass is 9.91. The molecule has 0 saturated heterocycles. The summed E-state index contributed by atoms with van der Waals surface area (Å²) in [5, 5.41) is 11.4. The van der Waals surface area contributed by atoms with Gasteiger partial charge >= 0.3 is 5.69 Å². The number of nitro groups is 1. The lowest BCUT2D eigenvalue weighted by Crippen LogP contribution is -2.17. The number of hydrogen-bond donors (Lipinski definition) is 0. The highest BCUT2D eigenvalue weighted by Gasteiger charge is 2.28. The standard InChI is InChI=1S/C19H20N2O6/c1-24-14-6-5-12(9-13(14)21(22)23)17-16-11(7-8-20-17)10-15(25-2)18(26-3)19(16)27-4/h5-6,9-10H,7-8H2,1-4H3. The molecule has 2 aromatic carbocycles. The van der Waals surface area contributed by atoms with Crippen LogP contribution in [0.15, 0.2) is 29.3 Å². The molecule has 0 unspecified atom stereocenters. The van der Waals surface area contributed by atoms with Crippen LogP contribution in [0.25, 0.3) is 0 Å².